The summed E-state index contributed by atoms with van der Waals surface area (Å²) in [6.45, 7) is 0.885. The van der Waals surface area contributed by atoms with Gasteiger partial charge in [-0.3, -0.25) is 19.3 Å². The predicted octanol–water partition coefficient (Wildman–Crippen LogP) is 5.87. The van der Waals surface area contributed by atoms with Crippen molar-refractivity contribution in [3.63, 3.8) is 0 Å². The number of amides is 3. The predicted molar refractivity (Wildman–Crippen MR) is 175 cm³/mol. The van der Waals surface area contributed by atoms with Gasteiger partial charge in [0.25, 0.3) is 0 Å². The fourth-order valence-electron chi connectivity index (χ4n) is 7.00. The van der Waals surface area contributed by atoms with E-state index in [0.29, 0.717) is 43.4 Å². The van der Waals surface area contributed by atoms with Crippen molar-refractivity contribution < 1.29 is 27.6 Å². The number of fused-ring (bicyclic) bond motifs is 3. The van der Waals surface area contributed by atoms with E-state index in [0.717, 1.165) is 43.5 Å². The van der Waals surface area contributed by atoms with Crippen LogP contribution in [0.2, 0.25) is 0 Å². The topological polar surface area (TPSA) is 90.5 Å². The van der Waals surface area contributed by atoms with Crippen molar-refractivity contribution in [1.82, 2.24) is 20.9 Å². The quantitative estimate of drug-likeness (QED) is 0.191. The lowest BCUT2D eigenvalue weighted by Crippen LogP contribution is -2.49. The molecule has 3 aromatic carbocycles. The average molecular weight is 649 g/mol. The van der Waals surface area contributed by atoms with E-state index in [4.69, 9.17) is 0 Å². The molecule has 0 spiro atoms. The number of piperidine rings is 1. The van der Waals surface area contributed by atoms with Gasteiger partial charge >= 0.3 is 6.18 Å². The highest BCUT2D eigenvalue weighted by Gasteiger charge is 2.49. The summed E-state index contributed by atoms with van der Waals surface area (Å²) in [4.78, 5) is 41.3. The highest BCUT2D eigenvalue weighted by atomic mass is 19.4. The van der Waals surface area contributed by atoms with Crippen LogP contribution in [0, 0.1) is 0 Å². The summed E-state index contributed by atoms with van der Waals surface area (Å²) < 4.78 is 39.3. The molecule has 1 unspecified atom stereocenters. The highest BCUT2D eigenvalue weighted by molar-refractivity contribution is 6.00. The Morgan fingerprint density at radius 1 is 0.766 bits per heavy atom. The van der Waals surface area contributed by atoms with Gasteiger partial charge in [-0.15, -0.1) is 0 Å². The van der Waals surface area contributed by atoms with Crippen LogP contribution in [0.5, 0.6) is 0 Å². The number of alkyl halides is 3. The number of hydrogen-bond donors (Lipinski definition) is 3. The number of carbonyl (C=O) groups is 3. The van der Waals surface area contributed by atoms with Gasteiger partial charge in [-0.1, -0.05) is 98.1 Å². The Hall–Kier alpha value is -4.18. The second-order valence-electron chi connectivity index (χ2n) is 12.5. The zero-order valence-corrected chi connectivity index (χ0v) is 26.6. The third kappa shape index (κ3) is 8.41. The number of halogens is 3. The molecule has 1 saturated heterocycles. The van der Waals surface area contributed by atoms with Crippen LogP contribution < -0.4 is 16.0 Å². The molecule has 3 aromatic rings. The number of likely N-dealkylation sites (tertiary alicyclic amines) is 1. The molecule has 7 nitrogen and oxygen atoms in total. The highest BCUT2D eigenvalue weighted by Crippen LogP contribution is 2.51. The lowest BCUT2D eigenvalue weighted by Gasteiger charge is -2.34. The van der Waals surface area contributed by atoms with E-state index in [2.05, 4.69) is 33.0 Å². The first-order valence-electron chi connectivity index (χ1n) is 16.6. The minimum atomic E-state index is -4.52. The number of nitrogens with one attached hydrogen (secondary N) is 3. The summed E-state index contributed by atoms with van der Waals surface area (Å²) in [6, 6.07) is 24.7. The summed E-state index contributed by atoms with van der Waals surface area (Å²) >= 11 is 0. The Balaban J connectivity index is 1.08. The molecule has 0 aromatic heterocycles. The molecule has 2 aliphatic rings. The zero-order valence-electron chi connectivity index (χ0n) is 26.6. The van der Waals surface area contributed by atoms with E-state index in [-0.39, 0.29) is 30.8 Å². The molecule has 5 rings (SSSR count). The van der Waals surface area contributed by atoms with Gasteiger partial charge in [0.2, 0.25) is 17.7 Å². The van der Waals surface area contributed by atoms with E-state index in [1.165, 1.54) is 5.56 Å². The van der Waals surface area contributed by atoms with Crippen LogP contribution in [-0.4, -0.2) is 61.0 Å². The summed E-state index contributed by atoms with van der Waals surface area (Å²) in [5, 5.41) is 8.01. The van der Waals surface area contributed by atoms with Crippen molar-refractivity contribution in [2.75, 3.05) is 26.2 Å². The third-order valence-corrected chi connectivity index (χ3v) is 9.25. The van der Waals surface area contributed by atoms with Gasteiger partial charge in [0, 0.05) is 26.1 Å². The minimum absolute atomic E-state index is 0.0447. The van der Waals surface area contributed by atoms with Gasteiger partial charge < -0.3 is 16.0 Å². The molecule has 3 amide bonds. The molecule has 47 heavy (non-hydrogen) atoms. The average Bonchev–Trinajstić information content (AvgIpc) is 3.36. The maximum absolute atomic E-state index is 13.6. The van der Waals surface area contributed by atoms with Crippen LogP contribution >= 0.6 is 0 Å². The largest absolute Gasteiger partial charge is 0.405 e. The minimum Gasteiger partial charge on any atom is -0.356 e. The number of benzene rings is 3. The molecule has 1 aliphatic heterocycles. The summed E-state index contributed by atoms with van der Waals surface area (Å²) in [5.41, 5.74) is 3.09. The normalized spacial score (nSPS) is 17.0. The van der Waals surface area contributed by atoms with Crippen LogP contribution in [0.1, 0.15) is 68.1 Å². The number of rotatable bonds is 14. The second kappa shape index (κ2) is 15.6. The van der Waals surface area contributed by atoms with Crippen LogP contribution in [0.25, 0.3) is 11.1 Å². The van der Waals surface area contributed by atoms with Crippen molar-refractivity contribution in [2.45, 2.75) is 75.5 Å². The molecule has 10 heteroatoms. The number of carbonyl (C=O) groups excluding carboxylic acids is 3. The Morgan fingerprint density at radius 2 is 1.43 bits per heavy atom. The van der Waals surface area contributed by atoms with Crippen molar-refractivity contribution in [1.29, 1.82) is 0 Å². The Labute approximate surface area is 274 Å². The molecule has 1 heterocycles. The monoisotopic (exact) mass is 648 g/mol. The third-order valence-electron chi connectivity index (χ3n) is 9.25. The SMILES string of the molecule is O=C(CCNC(=O)C1CCCCN1Cc1ccccc1)NCCCCCC1(C(=O)NCC(F)(F)F)c2ccccc2-c2ccccc21. The first kappa shape index (κ1) is 34.2. The van der Waals surface area contributed by atoms with Crippen molar-refractivity contribution in [3.05, 3.63) is 95.6 Å². The van der Waals surface area contributed by atoms with Gasteiger partial charge in [0.05, 0.1) is 6.04 Å². The standard InChI is InChI=1S/C37H43F3N4O3/c38-37(39,40)26-43-35(47)36(30-17-7-5-15-28(30)29-16-6-8-18-31(29)36)21-10-2-11-22-41-33(45)20-23-42-34(46)32-19-9-12-24-44(32)25-27-13-3-1-4-14-27/h1,3-8,13-18,32H,2,9-12,19-26H2,(H,41,45)(H,42,46)(H,43,47). The lowest BCUT2D eigenvalue weighted by molar-refractivity contribution is -0.141. The van der Waals surface area contributed by atoms with Gasteiger partial charge in [-0.25, -0.2) is 0 Å². The van der Waals surface area contributed by atoms with Gasteiger partial charge in [0.1, 0.15) is 12.0 Å². The van der Waals surface area contributed by atoms with Crippen LogP contribution in [0.15, 0.2) is 78.9 Å². The molecule has 250 valence electrons. The summed E-state index contributed by atoms with van der Waals surface area (Å²) in [7, 11) is 0. The molecular formula is C37H43F3N4O3. The maximum atomic E-state index is 13.6. The van der Waals surface area contributed by atoms with Crippen LogP contribution in [0.4, 0.5) is 13.2 Å². The van der Waals surface area contributed by atoms with Crippen LogP contribution in [-0.2, 0) is 26.3 Å². The van der Waals surface area contributed by atoms with Gasteiger partial charge in [-0.2, -0.15) is 13.2 Å². The van der Waals surface area contributed by atoms with E-state index in [1.54, 1.807) is 0 Å². The second-order valence-corrected chi connectivity index (χ2v) is 12.5. The Morgan fingerprint density at radius 3 is 2.11 bits per heavy atom. The Bertz CT molecular complexity index is 1480. The van der Waals surface area contributed by atoms with Crippen molar-refractivity contribution >= 4 is 17.7 Å². The van der Waals surface area contributed by atoms with Gasteiger partial charge in [0.15, 0.2) is 0 Å². The molecule has 1 fully saturated rings. The van der Waals surface area contributed by atoms with Crippen LogP contribution in [0.3, 0.4) is 0 Å². The van der Waals surface area contributed by atoms with Crippen molar-refractivity contribution in [2.24, 2.45) is 0 Å². The number of hydrogen-bond acceptors (Lipinski definition) is 4. The number of nitrogens with zero attached hydrogens (tertiary/aromatic N) is 1. The first-order valence-corrected chi connectivity index (χ1v) is 16.6. The summed E-state index contributed by atoms with van der Waals surface area (Å²) in [5.74, 6) is -0.854. The van der Waals surface area contributed by atoms with E-state index in [9.17, 15) is 27.6 Å². The Kier molecular flexibility index (Phi) is 11.3. The summed E-state index contributed by atoms with van der Waals surface area (Å²) in [6.07, 6.45) is 0.761. The molecular weight excluding hydrogens is 605 g/mol. The molecule has 0 radical (unpaired) electrons. The zero-order chi connectivity index (χ0) is 33.3. The molecule has 0 bridgehead atoms. The fourth-order valence-corrected chi connectivity index (χ4v) is 7.00. The fraction of sp³-hybridized carbons (Fsp3) is 0.432. The smallest absolute Gasteiger partial charge is 0.356 e. The first-order chi connectivity index (χ1) is 22.7. The van der Waals surface area contributed by atoms with Gasteiger partial charge in [-0.05, 0) is 60.0 Å². The lowest BCUT2D eigenvalue weighted by atomic mass is 9.73. The van der Waals surface area contributed by atoms with E-state index in [1.807, 2.05) is 66.7 Å². The number of unbranched alkanes of at least 4 members (excludes halogenated alkanes) is 2. The molecule has 1 atom stereocenters. The van der Waals surface area contributed by atoms with Crippen molar-refractivity contribution in [3.8, 4) is 11.1 Å². The molecule has 0 saturated carbocycles. The molecule has 1 aliphatic carbocycles. The van der Waals surface area contributed by atoms with E-state index < -0.39 is 24.0 Å². The molecule has 3 N–H and O–H groups in total. The maximum Gasteiger partial charge on any atom is 0.405 e. The van der Waals surface area contributed by atoms with E-state index >= 15 is 0 Å².